The van der Waals surface area contributed by atoms with E-state index in [9.17, 15) is 13.2 Å². The monoisotopic (exact) mass is 185 g/mol. The molecule has 11 heavy (non-hydrogen) atoms. The van der Waals surface area contributed by atoms with Gasteiger partial charge in [0.15, 0.2) is 0 Å². The number of hydrogen-bond donors (Lipinski definition) is 0. The Morgan fingerprint density at radius 1 is 1.73 bits per heavy atom. The van der Waals surface area contributed by atoms with E-state index in [1.54, 1.807) is 0 Å². The minimum atomic E-state index is -4.36. The van der Waals surface area contributed by atoms with Crippen molar-refractivity contribution in [2.24, 2.45) is 0 Å². The Kier molecular flexibility index (Phi) is 1.73. The summed E-state index contributed by atoms with van der Waals surface area (Å²) in [5.41, 5.74) is 0. The molecule has 1 aromatic heterocycles. The summed E-state index contributed by atoms with van der Waals surface area (Å²) < 4.78 is 42.7. The predicted molar refractivity (Wildman–Crippen MR) is 33.3 cm³/mol. The fraction of sp³-hybridized carbons (Fsp3) is 0.400. The lowest BCUT2D eigenvalue weighted by Crippen LogP contribution is -2.18. The standard InChI is InChI=1S/C5H4ClF3N2/c6-4-1-2-10-11(4)3-5(7,8)9/h1-2H,3H2/i1D. The van der Waals surface area contributed by atoms with E-state index in [2.05, 4.69) is 5.10 Å². The highest BCUT2D eigenvalue weighted by Crippen LogP contribution is 2.19. The summed E-state index contributed by atoms with van der Waals surface area (Å²) in [5.74, 6) is 0. The molecule has 0 fully saturated rings. The Hall–Kier alpha value is -0.710. The van der Waals surface area contributed by atoms with Crippen molar-refractivity contribution in [1.82, 2.24) is 9.78 Å². The zero-order valence-electron chi connectivity index (χ0n) is 6.19. The van der Waals surface area contributed by atoms with Crippen molar-refractivity contribution in [2.75, 3.05) is 0 Å². The first kappa shape index (κ1) is 6.97. The molecule has 0 spiro atoms. The maximum atomic E-state index is 11.7. The van der Waals surface area contributed by atoms with E-state index >= 15 is 0 Å². The molecule has 0 aliphatic heterocycles. The van der Waals surface area contributed by atoms with Crippen molar-refractivity contribution in [2.45, 2.75) is 12.7 Å². The van der Waals surface area contributed by atoms with E-state index in [0.717, 1.165) is 6.20 Å². The Bertz CT molecular complexity index is 283. The van der Waals surface area contributed by atoms with Crippen LogP contribution in [0.2, 0.25) is 5.15 Å². The second-order valence-electron chi connectivity index (χ2n) is 1.85. The van der Waals surface area contributed by atoms with Gasteiger partial charge in [-0.15, -0.1) is 0 Å². The average molecular weight is 186 g/mol. The molecule has 0 bridgehead atoms. The summed E-state index contributed by atoms with van der Waals surface area (Å²) in [6.45, 7) is -1.26. The fourth-order valence-corrected chi connectivity index (χ4v) is 0.709. The van der Waals surface area contributed by atoms with Crippen molar-refractivity contribution < 1.29 is 14.5 Å². The second-order valence-corrected chi connectivity index (χ2v) is 2.21. The van der Waals surface area contributed by atoms with Crippen LogP contribution < -0.4 is 0 Å². The molecule has 0 amide bonds. The van der Waals surface area contributed by atoms with E-state index < -0.39 is 12.7 Å². The van der Waals surface area contributed by atoms with E-state index in [0.29, 0.717) is 4.68 Å². The van der Waals surface area contributed by atoms with Crippen molar-refractivity contribution in [3.63, 3.8) is 0 Å². The lowest BCUT2D eigenvalue weighted by atomic mass is 10.6. The van der Waals surface area contributed by atoms with Crippen LogP contribution in [-0.4, -0.2) is 16.0 Å². The minimum absolute atomic E-state index is 0.207. The molecule has 0 saturated carbocycles. The Morgan fingerprint density at radius 3 is 2.73 bits per heavy atom. The summed E-state index contributed by atoms with van der Waals surface area (Å²) in [6, 6.07) is -0.207. The molecule has 0 atom stereocenters. The van der Waals surface area contributed by atoms with Crippen LogP contribution in [-0.2, 0) is 6.54 Å². The van der Waals surface area contributed by atoms with E-state index in [4.69, 9.17) is 13.0 Å². The lowest BCUT2D eigenvalue weighted by molar-refractivity contribution is -0.142. The third-order valence-electron chi connectivity index (χ3n) is 0.936. The van der Waals surface area contributed by atoms with Gasteiger partial charge < -0.3 is 0 Å². The first-order valence-electron chi connectivity index (χ1n) is 3.15. The van der Waals surface area contributed by atoms with Crippen LogP contribution in [0.15, 0.2) is 12.2 Å². The number of halogens is 4. The van der Waals surface area contributed by atoms with Gasteiger partial charge in [0.1, 0.15) is 11.7 Å². The number of rotatable bonds is 1. The van der Waals surface area contributed by atoms with Gasteiger partial charge in [-0.1, -0.05) is 11.6 Å². The topological polar surface area (TPSA) is 17.8 Å². The molecule has 62 valence electrons. The predicted octanol–water partition coefficient (Wildman–Crippen LogP) is 2.10. The first-order valence-corrected chi connectivity index (χ1v) is 3.02. The number of alkyl halides is 3. The van der Waals surface area contributed by atoms with Crippen LogP contribution in [0.5, 0.6) is 0 Å². The van der Waals surface area contributed by atoms with Gasteiger partial charge >= 0.3 is 6.18 Å². The molecule has 1 heterocycles. The fourth-order valence-electron chi connectivity index (χ4n) is 0.557. The van der Waals surface area contributed by atoms with Gasteiger partial charge in [0, 0.05) is 0 Å². The minimum Gasteiger partial charge on any atom is -0.245 e. The van der Waals surface area contributed by atoms with Crippen LogP contribution >= 0.6 is 11.6 Å². The molecule has 0 aliphatic rings. The quantitative estimate of drug-likeness (QED) is 0.655. The van der Waals surface area contributed by atoms with Crippen LogP contribution in [0.4, 0.5) is 13.2 Å². The van der Waals surface area contributed by atoms with Gasteiger partial charge in [0.25, 0.3) is 0 Å². The molecule has 1 rings (SSSR count). The summed E-state index contributed by atoms with van der Waals surface area (Å²) in [5, 5.41) is 2.98. The van der Waals surface area contributed by atoms with Crippen molar-refractivity contribution in [1.29, 1.82) is 0 Å². The molecule has 2 nitrogen and oxygen atoms in total. The maximum Gasteiger partial charge on any atom is 0.408 e. The Labute approximate surface area is 67.0 Å². The molecular weight excluding hydrogens is 181 g/mol. The molecule has 6 heteroatoms. The van der Waals surface area contributed by atoms with Gasteiger partial charge in [0.2, 0.25) is 0 Å². The summed E-state index contributed by atoms with van der Waals surface area (Å²) in [4.78, 5) is 0. The molecule has 0 N–H and O–H groups in total. The van der Waals surface area contributed by atoms with Gasteiger partial charge in [-0.2, -0.15) is 18.3 Å². The highest BCUT2D eigenvalue weighted by Gasteiger charge is 2.28. The number of aromatic nitrogens is 2. The molecule has 0 aromatic carbocycles. The molecule has 1 aromatic rings. The van der Waals surface area contributed by atoms with Crippen LogP contribution in [0.1, 0.15) is 1.37 Å². The molecule has 0 aliphatic carbocycles. The summed E-state index contributed by atoms with van der Waals surface area (Å²) in [6.07, 6.45) is -3.39. The summed E-state index contributed by atoms with van der Waals surface area (Å²) in [7, 11) is 0. The Balaban J connectivity index is 2.83. The van der Waals surface area contributed by atoms with Crippen molar-refractivity contribution in [3.05, 3.63) is 17.4 Å². The maximum absolute atomic E-state index is 11.7. The van der Waals surface area contributed by atoms with Gasteiger partial charge in [-0.3, -0.25) is 0 Å². The highest BCUT2D eigenvalue weighted by molar-refractivity contribution is 6.29. The van der Waals surface area contributed by atoms with Gasteiger partial charge in [-0.25, -0.2) is 4.68 Å². The molecular formula is C5H4ClF3N2. The Morgan fingerprint density at radius 2 is 2.36 bits per heavy atom. The lowest BCUT2D eigenvalue weighted by Gasteiger charge is -2.06. The zero-order chi connectivity index (χ0) is 9.35. The molecule has 0 saturated heterocycles. The second kappa shape index (κ2) is 2.73. The molecule has 0 unspecified atom stereocenters. The van der Waals surface area contributed by atoms with E-state index in [1.807, 2.05) is 0 Å². The normalized spacial score (nSPS) is 13.3. The van der Waals surface area contributed by atoms with E-state index in [1.165, 1.54) is 0 Å². The van der Waals surface area contributed by atoms with Gasteiger partial charge in [-0.05, 0) is 6.04 Å². The van der Waals surface area contributed by atoms with E-state index in [-0.39, 0.29) is 11.2 Å². The van der Waals surface area contributed by atoms with Crippen LogP contribution in [0, 0.1) is 0 Å². The van der Waals surface area contributed by atoms with Crippen LogP contribution in [0.3, 0.4) is 0 Å². The summed E-state index contributed by atoms with van der Waals surface area (Å²) >= 11 is 5.33. The smallest absolute Gasteiger partial charge is 0.245 e. The SMILES string of the molecule is [2H]c1cnn(CC(F)(F)F)c1Cl. The zero-order valence-corrected chi connectivity index (χ0v) is 5.95. The largest absolute Gasteiger partial charge is 0.408 e. The third-order valence-corrected chi connectivity index (χ3v) is 1.24. The van der Waals surface area contributed by atoms with Crippen molar-refractivity contribution >= 4 is 11.6 Å². The first-order chi connectivity index (χ1) is 5.40. The van der Waals surface area contributed by atoms with Crippen LogP contribution in [0.25, 0.3) is 0 Å². The van der Waals surface area contributed by atoms with Gasteiger partial charge in [0.05, 0.1) is 7.57 Å². The number of nitrogens with zero attached hydrogens (tertiary/aromatic N) is 2. The highest BCUT2D eigenvalue weighted by atomic mass is 35.5. The van der Waals surface area contributed by atoms with Crippen molar-refractivity contribution in [3.8, 4) is 0 Å². The third kappa shape index (κ3) is 2.42. The number of hydrogen-bond acceptors (Lipinski definition) is 1. The average Bonchev–Trinajstić information content (AvgIpc) is 2.16. The molecule has 0 radical (unpaired) electrons.